The van der Waals surface area contributed by atoms with Crippen molar-refractivity contribution in [2.24, 2.45) is 16.7 Å². The Bertz CT molecular complexity index is 281. The number of nitrogens with two attached hydrogens (primary N) is 2. The summed E-state index contributed by atoms with van der Waals surface area (Å²) in [6.45, 7) is 1.87. The third-order valence-corrected chi connectivity index (χ3v) is 2.59. The van der Waals surface area contributed by atoms with E-state index in [4.69, 9.17) is 11.6 Å². The normalized spacial score (nSPS) is 22.9. The Kier molecular flexibility index (Phi) is 4.51. The number of hydrogen-bond acceptors (Lipinski definition) is 6. The molecule has 0 amide bonds. The number of methoxy groups -OCH3 is 1. The van der Waals surface area contributed by atoms with E-state index in [1.807, 2.05) is 7.05 Å². The molecule has 1 rings (SSSR count). The van der Waals surface area contributed by atoms with E-state index in [2.05, 4.69) is 14.7 Å². The van der Waals surface area contributed by atoms with Crippen molar-refractivity contribution in [3.63, 3.8) is 0 Å². The number of hydrazone groups is 1. The number of ether oxygens (including phenoxy) is 1. The van der Waals surface area contributed by atoms with Gasteiger partial charge in [-0.25, -0.2) is 15.8 Å². The van der Waals surface area contributed by atoms with Gasteiger partial charge in [0.2, 0.25) is 5.84 Å². The Morgan fingerprint density at radius 2 is 2.31 bits per heavy atom. The summed E-state index contributed by atoms with van der Waals surface area (Å²) in [7, 11) is 3.27. The van der Waals surface area contributed by atoms with Gasteiger partial charge in [-0.1, -0.05) is 0 Å². The minimum absolute atomic E-state index is 0.0851. The first-order valence-corrected chi connectivity index (χ1v) is 5.19. The minimum Gasteiger partial charge on any atom is -0.463 e. The highest BCUT2D eigenvalue weighted by Gasteiger charge is 2.22. The summed E-state index contributed by atoms with van der Waals surface area (Å²) in [6.07, 6.45) is 2.00. The zero-order chi connectivity index (χ0) is 12.1. The van der Waals surface area contributed by atoms with Crippen molar-refractivity contribution in [1.82, 2.24) is 10.0 Å². The van der Waals surface area contributed by atoms with Crippen LogP contribution in [0.25, 0.3) is 0 Å². The molecule has 0 bridgehead atoms. The van der Waals surface area contributed by atoms with E-state index in [-0.39, 0.29) is 11.9 Å². The van der Waals surface area contributed by atoms with Crippen molar-refractivity contribution in [1.29, 1.82) is 0 Å². The molecule has 0 saturated carbocycles. The highest BCUT2D eigenvalue weighted by molar-refractivity contribution is 6.34. The van der Waals surface area contributed by atoms with Crippen LogP contribution in [0.15, 0.2) is 5.10 Å². The van der Waals surface area contributed by atoms with Crippen LogP contribution in [0.2, 0.25) is 0 Å². The molecule has 0 aromatic rings. The largest absolute Gasteiger partial charge is 0.463 e. The molecule has 7 nitrogen and oxygen atoms in total. The summed E-state index contributed by atoms with van der Waals surface area (Å²) in [4.78, 5) is 13.2. The number of nitrogens with zero attached hydrogens (tertiary/aromatic N) is 3. The maximum atomic E-state index is 11.0. The predicted octanol–water partition coefficient (Wildman–Crippen LogP) is -1.30. The molecule has 1 atom stereocenters. The van der Waals surface area contributed by atoms with Gasteiger partial charge >= 0.3 is 5.97 Å². The van der Waals surface area contributed by atoms with Gasteiger partial charge < -0.3 is 15.4 Å². The summed E-state index contributed by atoms with van der Waals surface area (Å²) in [6, 6.07) is 0.0851. The molecule has 1 saturated heterocycles. The average Bonchev–Trinajstić information content (AvgIpc) is 2.27. The Balaban J connectivity index is 2.56. The fourth-order valence-electron chi connectivity index (χ4n) is 1.71. The topological polar surface area (TPSA) is 97.2 Å². The smallest absolute Gasteiger partial charge is 0.375 e. The van der Waals surface area contributed by atoms with Gasteiger partial charge in [-0.05, 0) is 26.4 Å². The molecule has 92 valence electrons. The first-order valence-electron chi connectivity index (χ1n) is 5.19. The van der Waals surface area contributed by atoms with Crippen LogP contribution >= 0.6 is 0 Å². The number of carbonyl (C=O) groups is 1. The zero-order valence-electron chi connectivity index (χ0n) is 9.72. The van der Waals surface area contributed by atoms with Crippen LogP contribution in [0, 0.1) is 0 Å². The number of esters is 1. The van der Waals surface area contributed by atoms with E-state index >= 15 is 0 Å². The first-order chi connectivity index (χ1) is 7.54. The van der Waals surface area contributed by atoms with E-state index in [0.717, 1.165) is 25.9 Å². The fraction of sp³-hybridized carbons (Fsp3) is 0.778. The molecule has 0 aliphatic carbocycles. The quantitative estimate of drug-likeness (QED) is 0.201. The number of likely N-dealkylation sites (tertiary alicyclic amines) is 1. The van der Waals surface area contributed by atoms with Gasteiger partial charge in [0.1, 0.15) is 0 Å². The van der Waals surface area contributed by atoms with Crippen LogP contribution in [-0.2, 0) is 9.53 Å². The van der Waals surface area contributed by atoms with Crippen LogP contribution in [-0.4, -0.2) is 55.1 Å². The third-order valence-electron chi connectivity index (χ3n) is 2.59. The Morgan fingerprint density at radius 1 is 1.62 bits per heavy atom. The number of hydrogen-bond donors (Lipinski definition) is 2. The van der Waals surface area contributed by atoms with Crippen molar-refractivity contribution in [2.45, 2.75) is 18.9 Å². The molecule has 0 radical (unpaired) electrons. The van der Waals surface area contributed by atoms with Crippen LogP contribution in [0.4, 0.5) is 0 Å². The molecule has 0 aromatic heterocycles. The van der Waals surface area contributed by atoms with Gasteiger partial charge in [0.05, 0.1) is 13.2 Å². The maximum Gasteiger partial charge on any atom is 0.375 e. The van der Waals surface area contributed by atoms with Gasteiger partial charge in [0.15, 0.2) is 0 Å². The first kappa shape index (κ1) is 12.7. The van der Waals surface area contributed by atoms with Crippen molar-refractivity contribution in [3.8, 4) is 0 Å². The van der Waals surface area contributed by atoms with Crippen molar-refractivity contribution in [2.75, 3.05) is 27.2 Å². The maximum absolute atomic E-state index is 11.0. The van der Waals surface area contributed by atoms with Crippen LogP contribution in [0.3, 0.4) is 0 Å². The molecule has 1 unspecified atom stereocenters. The average molecular weight is 229 g/mol. The van der Waals surface area contributed by atoms with Gasteiger partial charge in [-0.2, -0.15) is 0 Å². The van der Waals surface area contributed by atoms with E-state index in [1.54, 1.807) is 0 Å². The van der Waals surface area contributed by atoms with Crippen molar-refractivity contribution >= 4 is 11.8 Å². The number of hydrazine groups is 1. The molecule has 0 spiro atoms. The zero-order valence-corrected chi connectivity index (χ0v) is 9.72. The molecule has 16 heavy (non-hydrogen) atoms. The third kappa shape index (κ3) is 3.35. The minimum atomic E-state index is -0.667. The van der Waals surface area contributed by atoms with Crippen molar-refractivity contribution < 1.29 is 9.53 Å². The highest BCUT2D eigenvalue weighted by atomic mass is 16.5. The molecular formula is C9H19N5O2. The van der Waals surface area contributed by atoms with E-state index in [0.29, 0.717) is 0 Å². The second-order valence-electron chi connectivity index (χ2n) is 3.92. The molecule has 1 aliphatic rings. The number of amidine groups is 1. The Labute approximate surface area is 95.0 Å². The Hall–Kier alpha value is -1.34. The van der Waals surface area contributed by atoms with E-state index in [1.165, 1.54) is 12.2 Å². The number of carbonyl (C=O) groups excluding carboxylic acids is 1. The molecule has 1 fully saturated rings. The van der Waals surface area contributed by atoms with Crippen molar-refractivity contribution in [3.05, 3.63) is 0 Å². The van der Waals surface area contributed by atoms with E-state index in [9.17, 15) is 4.79 Å². The monoisotopic (exact) mass is 229 g/mol. The van der Waals surface area contributed by atoms with Gasteiger partial charge in [0.25, 0.3) is 0 Å². The molecule has 7 heteroatoms. The van der Waals surface area contributed by atoms with E-state index < -0.39 is 5.97 Å². The summed E-state index contributed by atoms with van der Waals surface area (Å²) < 4.78 is 4.43. The second-order valence-corrected chi connectivity index (χ2v) is 3.92. The number of likely N-dealkylation sites (N-methyl/N-ethyl adjacent to an activating group) is 1. The fourth-order valence-corrected chi connectivity index (χ4v) is 1.71. The summed E-state index contributed by atoms with van der Waals surface area (Å²) in [5.41, 5.74) is 5.41. The Morgan fingerprint density at radius 3 is 2.88 bits per heavy atom. The van der Waals surface area contributed by atoms with Crippen LogP contribution in [0.1, 0.15) is 12.8 Å². The molecular weight excluding hydrogens is 210 g/mol. The molecule has 0 aromatic carbocycles. The lowest BCUT2D eigenvalue weighted by Crippen LogP contribution is -2.48. The summed E-state index contributed by atoms with van der Waals surface area (Å²) in [5, 5.41) is 5.06. The van der Waals surface area contributed by atoms with Crippen LogP contribution < -0.4 is 11.6 Å². The lowest BCUT2D eigenvalue weighted by Gasteiger charge is -2.33. The second kappa shape index (κ2) is 5.66. The summed E-state index contributed by atoms with van der Waals surface area (Å²) in [5.74, 6) is 4.84. The van der Waals surface area contributed by atoms with Gasteiger partial charge in [-0.3, -0.25) is 0 Å². The lowest BCUT2D eigenvalue weighted by atomic mass is 10.1. The predicted molar refractivity (Wildman–Crippen MR) is 60.2 cm³/mol. The van der Waals surface area contributed by atoms with Gasteiger partial charge in [0, 0.05) is 6.54 Å². The number of piperidine rings is 1. The van der Waals surface area contributed by atoms with Crippen LogP contribution in [0.5, 0.6) is 0 Å². The SMILES string of the molecule is COC(=O)/C(N)=N/N(N)C1CCCN(C)C1. The summed E-state index contributed by atoms with van der Waals surface area (Å²) >= 11 is 0. The number of rotatable bonds is 2. The highest BCUT2D eigenvalue weighted by Crippen LogP contribution is 2.12. The molecule has 4 N–H and O–H groups in total. The molecule has 1 aliphatic heterocycles. The standard InChI is InChI=1S/C9H19N5O2/c1-13-5-3-4-7(6-13)14(11)12-8(10)9(15)16-2/h7H,3-6,11H2,1-2H3,(H2,10,12). The lowest BCUT2D eigenvalue weighted by molar-refractivity contribution is -0.132. The molecule has 1 heterocycles. The van der Waals surface area contributed by atoms with Gasteiger partial charge in [-0.15, -0.1) is 5.10 Å².